The summed E-state index contributed by atoms with van der Waals surface area (Å²) < 4.78 is 9.66. The Morgan fingerprint density at radius 1 is 1.28 bits per heavy atom. The Morgan fingerprint density at radius 2 is 1.94 bits per heavy atom. The molecule has 1 aliphatic heterocycles. The van der Waals surface area contributed by atoms with Crippen molar-refractivity contribution >= 4 is 46.7 Å². The fraction of sp³-hybridized carbons (Fsp3) is 0.273. The molecule has 96 valence electrons. The summed E-state index contributed by atoms with van der Waals surface area (Å²) in [5.41, 5.74) is -0.0504. The minimum absolute atomic E-state index is 0.000492. The van der Waals surface area contributed by atoms with Crippen LogP contribution in [0.3, 0.4) is 0 Å². The summed E-state index contributed by atoms with van der Waals surface area (Å²) in [5, 5.41) is 0.295. The summed E-state index contributed by atoms with van der Waals surface area (Å²) in [5.74, 6) is -1.37. The maximum Gasteiger partial charge on any atom is 0.347 e. The smallest absolute Gasteiger partial charge is 0.347 e. The van der Waals surface area contributed by atoms with Gasteiger partial charge in [0.05, 0.1) is 27.2 Å². The second kappa shape index (κ2) is 5.34. The molecule has 0 amide bonds. The van der Waals surface area contributed by atoms with Gasteiger partial charge >= 0.3 is 11.9 Å². The molecule has 0 N–H and O–H groups in total. The van der Waals surface area contributed by atoms with Crippen LogP contribution in [-0.4, -0.2) is 24.6 Å². The fourth-order valence-corrected chi connectivity index (χ4v) is 2.17. The van der Waals surface area contributed by atoms with Crippen LogP contribution in [0.25, 0.3) is 0 Å². The molecular weight excluding hydrogens is 302 g/mol. The van der Waals surface area contributed by atoms with Gasteiger partial charge in [-0.25, -0.2) is 9.59 Å². The number of carbonyl (C=O) groups is 2. The van der Waals surface area contributed by atoms with E-state index in [4.69, 9.17) is 39.5 Å². The van der Waals surface area contributed by atoms with Crippen LogP contribution in [0, 0.1) is 0 Å². The summed E-state index contributed by atoms with van der Waals surface area (Å²) in [7, 11) is 0. The van der Waals surface area contributed by atoms with E-state index >= 15 is 0 Å². The van der Waals surface area contributed by atoms with Crippen molar-refractivity contribution in [3.8, 4) is 0 Å². The molecule has 0 spiro atoms. The van der Waals surface area contributed by atoms with Crippen molar-refractivity contribution in [2.45, 2.75) is 12.5 Å². The minimum atomic E-state index is -0.913. The summed E-state index contributed by atoms with van der Waals surface area (Å²) in [6, 6.07) is 2.90. The molecule has 1 heterocycles. The number of rotatable bonds is 2. The third kappa shape index (κ3) is 2.55. The van der Waals surface area contributed by atoms with Crippen molar-refractivity contribution in [3.63, 3.8) is 0 Å². The van der Waals surface area contributed by atoms with E-state index in [0.717, 1.165) is 0 Å². The van der Waals surface area contributed by atoms with Crippen LogP contribution in [0.1, 0.15) is 16.8 Å². The molecule has 1 aromatic rings. The molecule has 4 nitrogen and oxygen atoms in total. The molecule has 0 saturated carbocycles. The lowest BCUT2D eigenvalue weighted by atomic mass is 10.2. The van der Waals surface area contributed by atoms with Gasteiger partial charge in [-0.3, -0.25) is 0 Å². The van der Waals surface area contributed by atoms with Gasteiger partial charge in [0, 0.05) is 6.42 Å². The molecule has 0 aromatic heterocycles. The van der Waals surface area contributed by atoms with E-state index in [1.54, 1.807) is 0 Å². The molecule has 1 saturated heterocycles. The highest BCUT2D eigenvalue weighted by atomic mass is 35.5. The van der Waals surface area contributed by atoms with E-state index in [-0.39, 0.29) is 27.2 Å². The van der Waals surface area contributed by atoms with Crippen molar-refractivity contribution < 1.29 is 19.1 Å². The number of benzene rings is 1. The third-order valence-corrected chi connectivity index (χ3v) is 3.50. The number of hydrogen-bond acceptors (Lipinski definition) is 4. The highest BCUT2D eigenvalue weighted by Gasteiger charge is 2.32. The molecule has 0 aliphatic carbocycles. The van der Waals surface area contributed by atoms with Crippen molar-refractivity contribution in [2.75, 3.05) is 6.61 Å². The third-order valence-electron chi connectivity index (χ3n) is 2.38. The monoisotopic (exact) mass is 308 g/mol. The van der Waals surface area contributed by atoms with Crippen LogP contribution in [0.4, 0.5) is 0 Å². The Hall–Kier alpha value is -0.970. The topological polar surface area (TPSA) is 52.6 Å². The van der Waals surface area contributed by atoms with Gasteiger partial charge in [0.1, 0.15) is 0 Å². The summed E-state index contributed by atoms with van der Waals surface area (Å²) in [4.78, 5) is 23.1. The van der Waals surface area contributed by atoms with Gasteiger partial charge in [-0.05, 0) is 12.1 Å². The molecule has 2 rings (SSSR count). The Balaban J connectivity index is 2.24. The maximum atomic E-state index is 11.9. The van der Waals surface area contributed by atoms with Crippen molar-refractivity contribution in [1.82, 2.24) is 0 Å². The van der Waals surface area contributed by atoms with Gasteiger partial charge in [0.25, 0.3) is 0 Å². The average molecular weight is 310 g/mol. The van der Waals surface area contributed by atoms with Gasteiger partial charge in [0.15, 0.2) is 0 Å². The van der Waals surface area contributed by atoms with Crippen LogP contribution < -0.4 is 0 Å². The first-order valence-electron chi connectivity index (χ1n) is 5.02. The van der Waals surface area contributed by atoms with Gasteiger partial charge in [-0.1, -0.05) is 34.8 Å². The molecule has 18 heavy (non-hydrogen) atoms. The number of esters is 2. The van der Waals surface area contributed by atoms with Crippen LogP contribution in [-0.2, 0) is 14.3 Å². The molecule has 1 atom stereocenters. The van der Waals surface area contributed by atoms with E-state index in [1.807, 2.05) is 0 Å². The molecular formula is C11H7Cl3O4. The second-order valence-corrected chi connectivity index (χ2v) is 4.76. The van der Waals surface area contributed by atoms with Gasteiger partial charge in [0.2, 0.25) is 6.10 Å². The molecule has 0 unspecified atom stereocenters. The fourth-order valence-electron chi connectivity index (χ4n) is 1.49. The first-order valence-corrected chi connectivity index (χ1v) is 6.15. The average Bonchev–Trinajstić information content (AvgIpc) is 2.70. The SMILES string of the molecule is O=C(O[C@H]1CCOC1=O)c1c(Cl)ccc(Cl)c1Cl. The van der Waals surface area contributed by atoms with Gasteiger partial charge in [-0.2, -0.15) is 0 Å². The molecule has 0 bridgehead atoms. The second-order valence-electron chi connectivity index (χ2n) is 3.57. The van der Waals surface area contributed by atoms with E-state index in [1.165, 1.54) is 12.1 Å². The van der Waals surface area contributed by atoms with Crippen LogP contribution in [0.5, 0.6) is 0 Å². The first-order chi connectivity index (χ1) is 8.50. The number of ether oxygens (including phenoxy) is 2. The highest BCUT2D eigenvalue weighted by Crippen LogP contribution is 2.32. The quantitative estimate of drug-likeness (QED) is 0.622. The molecule has 1 aromatic carbocycles. The van der Waals surface area contributed by atoms with Gasteiger partial charge < -0.3 is 9.47 Å². The molecule has 1 fully saturated rings. The number of cyclic esters (lactones) is 1. The standard InChI is InChI=1S/C11H7Cl3O4/c12-5-1-2-6(13)9(14)8(5)11(16)18-7-3-4-17-10(7)15/h1-2,7H,3-4H2/t7-/m0/s1. The predicted molar refractivity (Wildman–Crippen MR) is 66.3 cm³/mol. The lowest BCUT2D eigenvalue weighted by Crippen LogP contribution is -2.23. The van der Waals surface area contributed by atoms with E-state index in [2.05, 4.69) is 4.74 Å². The summed E-state index contributed by atoms with van der Waals surface area (Å²) >= 11 is 17.5. The largest absolute Gasteiger partial charge is 0.463 e. The van der Waals surface area contributed by atoms with Gasteiger partial charge in [-0.15, -0.1) is 0 Å². The zero-order valence-electron chi connectivity index (χ0n) is 8.91. The highest BCUT2D eigenvalue weighted by molar-refractivity contribution is 6.46. The van der Waals surface area contributed by atoms with E-state index in [9.17, 15) is 9.59 Å². The first kappa shape index (κ1) is 13.5. The zero-order chi connectivity index (χ0) is 13.3. The Morgan fingerprint density at radius 3 is 2.56 bits per heavy atom. The van der Waals surface area contributed by atoms with Crippen LogP contribution >= 0.6 is 34.8 Å². The van der Waals surface area contributed by atoms with Crippen LogP contribution in [0.2, 0.25) is 15.1 Å². The number of carbonyl (C=O) groups excluding carboxylic acids is 2. The lowest BCUT2D eigenvalue weighted by Gasteiger charge is -2.11. The predicted octanol–water partition coefficient (Wildman–Crippen LogP) is 3.12. The zero-order valence-corrected chi connectivity index (χ0v) is 11.2. The molecule has 7 heteroatoms. The molecule has 0 radical (unpaired) electrons. The summed E-state index contributed by atoms with van der Waals surface area (Å²) in [6.45, 7) is 0.230. The van der Waals surface area contributed by atoms with Crippen molar-refractivity contribution in [1.29, 1.82) is 0 Å². The summed E-state index contributed by atoms with van der Waals surface area (Å²) in [6.07, 6.45) is -0.594. The maximum absolute atomic E-state index is 11.9. The van der Waals surface area contributed by atoms with E-state index < -0.39 is 18.0 Å². The number of halogens is 3. The Labute approximate surface area is 118 Å². The normalized spacial score (nSPS) is 18.6. The van der Waals surface area contributed by atoms with E-state index in [0.29, 0.717) is 6.42 Å². The van der Waals surface area contributed by atoms with Crippen molar-refractivity contribution in [3.05, 3.63) is 32.8 Å². The number of hydrogen-bond donors (Lipinski definition) is 0. The Bertz CT molecular complexity index is 515. The molecule has 1 aliphatic rings. The Kier molecular flexibility index (Phi) is 4.00. The van der Waals surface area contributed by atoms with Crippen LogP contribution in [0.15, 0.2) is 12.1 Å². The lowest BCUT2D eigenvalue weighted by molar-refractivity contribution is -0.145. The van der Waals surface area contributed by atoms with Crippen molar-refractivity contribution in [2.24, 2.45) is 0 Å². The minimum Gasteiger partial charge on any atom is -0.463 e.